The fourth-order valence-corrected chi connectivity index (χ4v) is 2.50. The van der Waals surface area contributed by atoms with E-state index in [1.54, 1.807) is 4.90 Å². The van der Waals surface area contributed by atoms with Crippen molar-refractivity contribution in [2.45, 2.75) is 45.7 Å². The first kappa shape index (κ1) is 16.9. The lowest BCUT2D eigenvalue weighted by atomic mass is 10.0. The molecule has 6 heteroatoms. The van der Waals surface area contributed by atoms with Crippen LogP contribution in [0.4, 0.5) is 0 Å². The van der Waals surface area contributed by atoms with Gasteiger partial charge in [-0.25, -0.2) is 0 Å². The van der Waals surface area contributed by atoms with Crippen molar-refractivity contribution in [1.29, 1.82) is 0 Å². The molecule has 0 saturated carbocycles. The topological polar surface area (TPSA) is 78.9 Å². The number of hydrogen-bond donors (Lipinski definition) is 2. The van der Waals surface area contributed by atoms with Gasteiger partial charge >= 0.3 is 5.97 Å². The molecular formula is C14H26N2O4. The number of carboxylic acids is 1. The number of carboxylic acid groups (broad SMARTS) is 1. The Balaban J connectivity index is 2.60. The van der Waals surface area contributed by atoms with Crippen molar-refractivity contribution in [3.63, 3.8) is 0 Å². The molecule has 0 aromatic heterocycles. The van der Waals surface area contributed by atoms with Crippen molar-refractivity contribution in [3.05, 3.63) is 0 Å². The van der Waals surface area contributed by atoms with Crippen LogP contribution in [0.5, 0.6) is 0 Å². The maximum Gasteiger partial charge on any atom is 0.303 e. The molecule has 116 valence electrons. The molecule has 0 aromatic carbocycles. The van der Waals surface area contributed by atoms with Crippen LogP contribution in [-0.4, -0.2) is 60.3 Å². The third kappa shape index (κ3) is 4.76. The second-order valence-electron chi connectivity index (χ2n) is 5.43. The van der Waals surface area contributed by atoms with Crippen LogP contribution < -0.4 is 5.32 Å². The molecule has 1 aliphatic rings. The average molecular weight is 286 g/mol. The summed E-state index contributed by atoms with van der Waals surface area (Å²) in [5.41, 5.74) is 0. The Morgan fingerprint density at radius 1 is 1.40 bits per heavy atom. The SMILES string of the molecule is CCNC1COCC1C(=O)N(CCCC(=O)O)C(C)C. The van der Waals surface area contributed by atoms with Crippen LogP contribution >= 0.6 is 0 Å². The third-order valence-electron chi connectivity index (χ3n) is 3.56. The second-order valence-corrected chi connectivity index (χ2v) is 5.43. The zero-order valence-corrected chi connectivity index (χ0v) is 12.6. The lowest BCUT2D eigenvalue weighted by Gasteiger charge is -2.31. The van der Waals surface area contributed by atoms with Crippen LogP contribution in [0, 0.1) is 5.92 Å². The van der Waals surface area contributed by atoms with Gasteiger partial charge in [0.15, 0.2) is 0 Å². The fourth-order valence-electron chi connectivity index (χ4n) is 2.50. The van der Waals surface area contributed by atoms with Crippen LogP contribution in [0.3, 0.4) is 0 Å². The summed E-state index contributed by atoms with van der Waals surface area (Å²) in [5.74, 6) is -0.924. The van der Waals surface area contributed by atoms with Crippen LogP contribution in [-0.2, 0) is 14.3 Å². The smallest absolute Gasteiger partial charge is 0.303 e. The highest BCUT2D eigenvalue weighted by Gasteiger charge is 2.36. The quantitative estimate of drug-likeness (QED) is 0.687. The van der Waals surface area contributed by atoms with Crippen molar-refractivity contribution in [1.82, 2.24) is 10.2 Å². The van der Waals surface area contributed by atoms with Crippen LogP contribution in [0.25, 0.3) is 0 Å². The molecule has 1 aliphatic heterocycles. The highest BCUT2D eigenvalue weighted by molar-refractivity contribution is 5.80. The summed E-state index contributed by atoms with van der Waals surface area (Å²) >= 11 is 0. The van der Waals surface area contributed by atoms with E-state index >= 15 is 0 Å². The molecule has 2 unspecified atom stereocenters. The van der Waals surface area contributed by atoms with E-state index in [9.17, 15) is 9.59 Å². The monoisotopic (exact) mass is 286 g/mol. The number of rotatable bonds is 8. The molecule has 1 saturated heterocycles. The first-order valence-electron chi connectivity index (χ1n) is 7.30. The molecule has 6 nitrogen and oxygen atoms in total. The summed E-state index contributed by atoms with van der Waals surface area (Å²) in [6, 6.07) is 0.132. The minimum absolute atomic E-state index is 0.0632. The Labute approximate surface area is 120 Å². The van der Waals surface area contributed by atoms with Gasteiger partial charge in [0, 0.05) is 25.0 Å². The molecule has 20 heavy (non-hydrogen) atoms. The normalized spacial score (nSPS) is 22.2. The average Bonchev–Trinajstić information content (AvgIpc) is 2.82. The maximum absolute atomic E-state index is 12.6. The Hall–Kier alpha value is -1.14. The summed E-state index contributed by atoms with van der Waals surface area (Å²) in [7, 11) is 0. The first-order chi connectivity index (χ1) is 9.47. The molecule has 2 atom stereocenters. The largest absolute Gasteiger partial charge is 0.481 e. The Kier molecular flexibility index (Phi) is 6.95. The molecule has 1 rings (SSSR count). The van der Waals surface area contributed by atoms with Gasteiger partial charge in [-0.05, 0) is 26.8 Å². The van der Waals surface area contributed by atoms with Gasteiger partial charge in [0.1, 0.15) is 0 Å². The number of carbonyl (C=O) groups excluding carboxylic acids is 1. The fraction of sp³-hybridized carbons (Fsp3) is 0.857. The Morgan fingerprint density at radius 2 is 2.10 bits per heavy atom. The summed E-state index contributed by atoms with van der Waals surface area (Å²) in [4.78, 5) is 25.0. The minimum Gasteiger partial charge on any atom is -0.481 e. The van der Waals surface area contributed by atoms with Gasteiger partial charge in [0.2, 0.25) is 5.91 Å². The lowest BCUT2D eigenvalue weighted by molar-refractivity contribution is -0.140. The third-order valence-corrected chi connectivity index (χ3v) is 3.56. The highest BCUT2D eigenvalue weighted by Crippen LogP contribution is 2.18. The number of aliphatic carboxylic acids is 1. The number of nitrogens with one attached hydrogen (secondary N) is 1. The molecule has 0 radical (unpaired) electrons. The van der Waals surface area contributed by atoms with Gasteiger partial charge in [0.25, 0.3) is 0 Å². The number of ether oxygens (including phenoxy) is 1. The molecule has 0 spiro atoms. The van der Waals surface area contributed by atoms with Crippen molar-refractivity contribution in [2.24, 2.45) is 5.92 Å². The predicted molar refractivity (Wildman–Crippen MR) is 75.5 cm³/mol. The minimum atomic E-state index is -0.823. The molecule has 0 aromatic rings. The Morgan fingerprint density at radius 3 is 2.65 bits per heavy atom. The number of nitrogens with zero attached hydrogens (tertiary/aromatic N) is 1. The Bertz CT molecular complexity index is 333. The van der Waals surface area contributed by atoms with E-state index in [1.807, 2.05) is 20.8 Å². The van der Waals surface area contributed by atoms with E-state index in [1.165, 1.54) is 0 Å². The highest BCUT2D eigenvalue weighted by atomic mass is 16.5. The summed E-state index contributed by atoms with van der Waals surface area (Å²) in [5, 5.41) is 12.0. The number of hydrogen-bond acceptors (Lipinski definition) is 4. The molecule has 0 bridgehead atoms. The summed E-state index contributed by atoms with van der Waals surface area (Å²) in [6.07, 6.45) is 0.576. The van der Waals surface area contributed by atoms with Gasteiger partial charge in [-0.15, -0.1) is 0 Å². The second kappa shape index (κ2) is 8.21. The first-order valence-corrected chi connectivity index (χ1v) is 7.30. The van der Waals surface area contributed by atoms with Gasteiger partial charge in [-0.2, -0.15) is 0 Å². The van der Waals surface area contributed by atoms with Gasteiger partial charge < -0.3 is 20.1 Å². The zero-order valence-electron chi connectivity index (χ0n) is 12.6. The molecule has 0 aliphatic carbocycles. The zero-order chi connectivity index (χ0) is 15.1. The summed E-state index contributed by atoms with van der Waals surface area (Å²) < 4.78 is 5.41. The van der Waals surface area contributed by atoms with E-state index in [0.717, 1.165) is 6.54 Å². The lowest BCUT2D eigenvalue weighted by Crippen LogP contribution is -2.48. The van der Waals surface area contributed by atoms with E-state index in [4.69, 9.17) is 9.84 Å². The number of likely N-dealkylation sites (N-methyl/N-ethyl adjacent to an activating group) is 1. The van der Waals surface area contributed by atoms with Crippen molar-refractivity contribution >= 4 is 11.9 Å². The van der Waals surface area contributed by atoms with Crippen LogP contribution in [0.1, 0.15) is 33.6 Å². The van der Waals surface area contributed by atoms with Gasteiger partial charge in [-0.3, -0.25) is 9.59 Å². The number of carbonyl (C=O) groups is 2. The van der Waals surface area contributed by atoms with Crippen LogP contribution in [0.2, 0.25) is 0 Å². The number of amides is 1. The molecule has 2 N–H and O–H groups in total. The molecular weight excluding hydrogens is 260 g/mol. The molecule has 1 amide bonds. The maximum atomic E-state index is 12.6. The van der Waals surface area contributed by atoms with E-state index in [2.05, 4.69) is 5.32 Å². The van der Waals surface area contributed by atoms with Gasteiger partial charge in [-0.1, -0.05) is 6.92 Å². The van der Waals surface area contributed by atoms with Crippen LogP contribution in [0.15, 0.2) is 0 Å². The van der Waals surface area contributed by atoms with Crippen molar-refractivity contribution < 1.29 is 19.4 Å². The van der Waals surface area contributed by atoms with E-state index < -0.39 is 5.97 Å². The predicted octanol–water partition coefficient (Wildman–Crippen LogP) is 0.713. The van der Waals surface area contributed by atoms with E-state index in [0.29, 0.717) is 26.2 Å². The van der Waals surface area contributed by atoms with Crippen molar-refractivity contribution in [2.75, 3.05) is 26.3 Å². The van der Waals surface area contributed by atoms with Crippen molar-refractivity contribution in [3.8, 4) is 0 Å². The standard InChI is InChI=1S/C14H26N2O4/c1-4-15-12-9-20-8-11(12)14(19)16(10(2)3)7-5-6-13(17)18/h10-12,15H,4-9H2,1-3H3,(H,17,18). The van der Waals surface area contributed by atoms with E-state index in [-0.39, 0.29) is 30.3 Å². The summed E-state index contributed by atoms with van der Waals surface area (Å²) in [6.45, 7) is 8.21. The molecule has 1 fully saturated rings. The van der Waals surface area contributed by atoms with Gasteiger partial charge in [0.05, 0.1) is 19.1 Å². The molecule has 1 heterocycles.